The summed E-state index contributed by atoms with van der Waals surface area (Å²) in [7, 11) is 2.08. The summed E-state index contributed by atoms with van der Waals surface area (Å²) in [6, 6.07) is 9.24. The van der Waals surface area contributed by atoms with Gasteiger partial charge in [0.15, 0.2) is 0 Å². The van der Waals surface area contributed by atoms with Crippen molar-refractivity contribution in [1.82, 2.24) is 5.32 Å². The molecule has 0 spiro atoms. The van der Waals surface area contributed by atoms with Crippen molar-refractivity contribution < 1.29 is 0 Å². The van der Waals surface area contributed by atoms with E-state index in [9.17, 15) is 0 Å². The number of aryl methyl sites for hydroxylation is 1. The summed E-state index contributed by atoms with van der Waals surface area (Å²) in [5.74, 6) is 1.15. The Hall–Kier alpha value is -0.470. The number of benzene rings is 1. The third-order valence-electron chi connectivity index (χ3n) is 3.18. The molecule has 1 nitrogen and oxygen atoms in total. The van der Waals surface area contributed by atoms with E-state index < -0.39 is 0 Å². The predicted molar refractivity (Wildman–Crippen MR) is 83.4 cm³/mol. The molecule has 0 aromatic heterocycles. The van der Waals surface area contributed by atoms with Gasteiger partial charge in [0.05, 0.1) is 0 Å². The lowest BCUT2D eigenvalue weighted by molar-refractivity contribution is 0.343. The largest absolute Gasteiger partial charge is 0.316 e. The average molecular weight is 265 g/mol. The van der Waals surface area contributed by atoms with Crippen LogP contribution >= 0.6 is 11.8 Å². The molecule has 0 fully saturated rings. The first-order valence-corrected chi connectivity index (χ1v) is 7.76. The van der Waals surface area contributed by atoms with Gasteiger partial charge in [0.25, 0.3) is 0 Å². The summed E-state index contributed by atoms with van der Waals surface area (Å²) in [4.78, 5) is 1.41. The summed E-state index contributed by atoms with van der Waals surface area (Å²) < 4.78 is 0. The van der Waals surface area contributed by atoms with Gasteiger partial charge < -0.3 is 5.32 Å². The molecule has 1 aromatic carbocycles. The zero-order valence-corrected chi connectivity index (χ0v) is 13.2. The maximum absolute atomic E-state index is 3.44. The highest BCUT2D eigenvalue weighted by atomic mass is 32.2. The van der Waals surface area contributed by atoms with Crippen molar-refractivity contribution in [1.29, 1.82) is 0 Å². The Bertz CT molecular complexity index is 354. The van der Waals surface area contributed by atoms with Gasteiger partial charge in [-0.15, -0.1) is 11.8 Å². The van der Waals surface area contributed by atoms with E-state index in [-0.39, 0.29) is 0 Å². The number of hydrogen-bond acceptors (Lipinski definition) is 2. The lowest BCUT2D eigenvalue weighted by Crippen LogP contribution is -2.29. The van der Waals surface area contributed by atoms with Crippen molar-refractivity contribution in [3.05, 3.63) is 29.8 Å². The second-order valence-corrected chi connectivity index (χ2v) is 7.22. The molecule has 0 aliphatic heterocycles. The van der Waals surface area contributed by atoms with Crippen LogP contribution in [0.5, 0.6) is 0 Å². The molecule has 0 bridgehead atoms. The van der Waals surface area contributed by atoms with E-state index in [1.807, 2.05) is 11.8 Å². The first-order chi connectivity index (χ1) is 8.42. The van der Waals surface area contributed by atoms with Crippen LogP contribution in [-0.4, -0.2) is 18.8 Å². The fraction of sp³-hybridized carbons (Fsp3) is 0.625. The monoisotopic (exact) mass is 265 g/mol. The van der Waals surface area contributed by atoms with E-state index in [0.717, 1.165) is 5.75 Å². The van der Waals surface area contributed by atoms with Crippen molar-refractivity contribution in [2.24, 2.45) is 5.41 Å². The normalized spacial score (nSPS) is 13.6. The van der Waals surface area contributed by atoms with Crippen molar-refractivity contribution in [3.8, 4) is 0 Å². The number of rotatable bonds is 6. The molecular weight excluding hydrogens is 238 g/mol. The zero-order chi connectivity index (χ0) is 13.6. The highest BCUT2D eigenvalue weighted by molar-refractivity contribution is 7.99. The second-order valence-electron chi connectivity index (χ2n) is 6.16. The van der Waals surface area contributed by atoms with Crippen LogP contribution in [-0.2, 0) is 0 Å². The van der Waals surface area contributed by atoms with E-state index >= 15 is 0 Å². The molecule has 102 valence electrons. The van der Waals surface area contributed by atoms with Crippen LogP contribution in [0.15, 0.2) is 29.2 Å². The van der Waals surface area contributed by atoms with Crippen LogP contribution < -0.4 is 5.32 Å². The zero-order valence-electron chi connectivity index (χ0n) is 12.4. The molecule has 1 atom stereocenters. The maximum Gasteiger partial charge on any atom is 0.0158 e. The van der Waals surface area contributed by atoms with E-state index in [1.54, 1.807) is 0 Å². The average Bonchev–Trinajstić information content (AvgIpc) is 2.30. The Morgan fingerprint density at radius 1 is 1.22 bits per heavy atom. The number of hydrogen-bond donors (Lipinski definition) is 1. The Labute approximate surface area is 117 Å². The van der Waals surface area contributed by atoms with Gasteiger partial charge in [-0.1, -0.05) is 39.0 Å². The van der Waals surface area contributed by atoms with Gasteiger partial charge >= 0.3 is 0 Å². The minimum absolute atomic E-state index is 0.433. The molecule has 0 amide bonds. The topological polar surface area (TPSA) is 12.0 Å². The van der Waals surface area contributed by atoms with Gasteiger partial charge in [-0.05, 0) is 43.9 Å². The van der Waals surface area contributed by atoms with Gasteiger partial charge in [0, 0.05) is 16.7 Å². The Morgan fingerprint density at radius 3 is 2.44 bits per heavy atom. The molecule has 1 rings (SSSR count). The van der Waals surface area contributed by atoms with Crippen molar-refractivity contribution in [2.45, 2.75) is 51.5 Å². The highest BCUT2D eigenvalue weighted by Gasteiger charge is 2.14. The predicted octanol–water partition coefficient (Wildman–Crippen LogP) is 4.50. The van der Waals surface area contributed by atoms with Crippen LogP contribution in [0.4, 0.5) is 0 Å². The minimum atomic E-state index is 0.433. The third-order valence-corrected chi connectivity index (χ3v) is 4.52. The first-order valence-electron chi connectivity index (χ1n) is 6.78. The molecule has 1 unspecified atom stereocenters. The van der Waals surface area contributed by atoms with Crippen LogP contribution in [0.2, 0.25) is 0 Å². The Balaban J connectivity index is 2.43. The lowest BCUT2D eigenvalue weighted by atomic mass is 9.89. The van der Waals surface area contributed by atoms with Crippen LogP contribution in [0.1, 0.15) is 39.2 Å². The molecule has 0 aliphatic carbocycles. The second kappa shape index (κ2) is 7.20. The lowest BCUT2D eigenvalue weighted by Gasteiger charge is -2.23. The molecule has 0 aliphatic rings. The van der Waals surface area contributed by atoms with Gasteiger partial charge in [-0.2, -0.15) is 0 Å². The Morgan fingerprint density at radius 2 is 1.89 bits per heavy atom. The smallest absolute Gasteiger partial charge is 0.0158 e. The molecule has 0 radical (unpaired) electrons. The number of thioether (sulfide) groups is 1. The summed E-state index contributed by atoms with van der Waals surface area (Å²) in [5, 5.41) is 3.44. The summed E-state index contributed by atoms with van der Waals surface area (Å²) in [6.45, 7) is 9.13. The summed E-state index contributed by atoms with van der Waals surface area (Å²) in [5.41, 5.74) is 1.82. The SMILES string of the molecule is CNC(CCC(C)(C)C)CSc1ccccc1C. The highest BCUT2D eigenvalue weighted by Crippen LogP contribution is 2.26. The summed E-state index contributed by atoms with van der Waals surface area (Å²) in [6.07, 6.45) is 2.52. The molecule has 0 heterocycles. The van der Waals surface area contributed by atoms with E-state index in [2.05, 4.69) is 64.3 Å². The van der Waals surface area contributed by atoms with Crippen LogP contribution in [0.25, 0.3) is 0 Å². The van der Waals surface area contributed by atoms with Gasteiger partial charge in [0.2, 0.25) is 0 Å². The maximum atomic E-state index is 3.44. The molecule has 1 aromatic rings. The first kappa shape index (κ1) is 15.6. The van der Waals surface area contributed by atoms with E-state index in [0.29, 0.717) is 11.5 Å². The van der Waals surface area contributed by atoms with E-state index in [1.165, 1.54) is 23.3 Å². The molecule has 18 heavy (non-hydrogen) atoms. The Kier molecular flexibility index (Phi) is 6.24. The van der Waals surface area contributed by atoms with E-state index in [4.69, 9.17) is 0 Å². The summed E-state index contributed by atoms with van der Waals surface area (Å²) >= 11 is 1.97. The fourth-order valence-electron chi connectivity index (χ4n) is 1.83. The van der Waals surface area contributed by atoms with Crippen LogP contribution in [0.3, 0.4) is 0 Å². The third kappa shape index (κ3) is 5.92. The molecule has 2 heteroatoms. The van der Waals surface area contributed by atoms with Gasteiger partial charge in [-0.3, -0.25) is 0 Å². The molecule has 0 saturated heterocycles. The number of nitrogens with one attached hydrogen (secondary N) is 1. The van der Waals surface area contributed by atoms with Crippen LogP contribution in [0, 0.1) is 12.3 Å². The van der Waals surface area contributed by atoms with Crippen molar-refractivity contribution in [3.63, 3.8) is 0 Å². The standard InChI is InChI=1S/C16H27NS/c1-13-8-6-7-9-15(13)18-12-14(17-5)10-11-16(2,3)4/h6-9,14,17H,10-12H2,1-5H3. The van der Waals surface area contributed by atoms with Gasteiger partial charge in [-0.25, -0.2) is 0 Å². The molecule has 0 saturated carbocycles. The molecular formula is C16H27NS. The van der Waals surface area contributed by atoms with Gasteiger partial charge in [0.1, 0.15) is 0 Å². The quantitative estimate of drug-likeness (QED) is 0.760. The molecule has 1 N–H and O–H groups in total. The van der Waals surface area contributed by atoms with Crippen molar-refractivity contribution >= 4 is 11.8 Å². The fourth-order valence-corrected chi connectivity index (χ4v) is 3.01. The minimum Gasteiger partial charge on any atom is -0.316 e. The van der Waals surface area contributed by atoms with Crippen molar-refractivity contribution in [2.75, 3.05) is 12.8 Å².